The van der Waals surface area contributed by atoms with Crippen molar-refractivity contribution in [1.29, 1.82) is 0 Å². The van der Waals surface area contributed by atoms with Crippen LogP contribution in [0.2, 0.25) is 0 Å². The molecule has 0 aromatic rings. The number of likely N-dealkylation sites (tertiary alicyclic amines) is 2. The second-order valence-electron chi connectivity index (χ2n) is 6.72. The highest BCUT2D eigenvalue weighted by Crippen LogP contribution is 2.17. The average molecular weight is 295 g/mol. The summed E-state index contributed by atoms with van der Waals surface area (Å²) in [6.07, 6.45) is 8.66. The first-order valence-electron chi connectivity index (χ1n) is 9.00. The summed E-state index contributed by atoms with van der Waals surface area (Å²) in [5.41, 5.74) is 0. The summed E-state index contributed by atoms with van der Waals surface area (Å²) in [6.45, 7) is 9.30. The molecule has 4 heteroatoms. The molecule has 0 bridgehead atoms. The minimum absolute atomic E-state index is 0.361. The van der Waals surface area contributed by atoms with Crippen molar-refractivity contribution in [2.75, 3.05) is 45.8 Å². The van der Waals surface area contributed by atoms with Gasteiger partial charge in [-0.05, 0) is 64.2 Å². The fourth-order valence-corrected chi connectivity index (χ4v) is 3.44. The molecule has 1 N–H and O–H groups in total. The van der Waals surface area contributed by atoms with Gasteiger partial charge in [0, 0.05) is 13.1 Å². The van der Waals surface area contributed by atoms with Gasteiger partial charge in [0.25, 0.3) is 0 Å². The van der Waals surface area contributed by atoms with Crippen LogP contribution in [0.4, 0.5) is 0 Å². The molecule has 2 aliphatic heterocycles. The minimum atomic E-state index is 0.361. The summed E-state index contributed by atoms with van der Waals surface area (Å²) in [5.74, 6) is 1.17. The molecule has 21 heavy (non-hydrogen) atoms. The average Bonchev–Trinajstić information content (AvgIpc) is 2.78. The van der Waals surface area contributed by atoms with E-state index in [0.29, 0.717) is 12.5 Å². The molecule has 0 atom stereocenters. The molecule has 0 aliphatic carbocycles. The predicted octanol–water partition coefficient (Wildman–Crippen LogP) is 2.10. The summed E-state index contributed by atoms with van der Waals surface area (Å²) in [7, 11) is 0. The lowest BCUT2D eigenvalue weighted by atomic mass is 9.97. The van der Waals surface area contributed by atoms with Crippen LogP contribution in [0.1, 0.15) is 51.9 Å². The van der Waals surface area contributed by atoms with Gasteiger partial charge in [0.15, 0.2) is 0 Å². The molecule has 2 heterocycles. The molecule has 0 aromatic carbocycles. The quantitative estimate of drug-likeness (QED) is 0.762. The van der Waals surface area contributed by atoms with Crippen LogP contribution in [0.15, 0.2) is 0 Å². The zero-order chi connectivity index (χ0) is 14.9. The number of amides is 1. The fraction of sp³-hybridized carbons (Fsp3) is 0.941. The maximum atomic E-state index is 12.4. The van der Waals surface area contributed by atoms with E-state index in [0.717, 1.165) is 45.2 Å². The van der Waals surface area contributed by atoms with Gasteiger partial charge in [0.05, 0.1) is 6.54 Å². The van der Waals surface area contributed by atoms with Crippen molar-refractivity contribution in [3.8, 4) is 0 Å². The number of carbonyl (C=O) groups excluding carboxylic acids is 1. The van der Waals surface area contributed by atoms with Crippen molar-refractivity contribution in [2.24, 2.45) is 5.92 Å². The Bertz CT molecular complexity index is 292. The molecule has 122 valence electrons. The highest BCUT2D eigenvalue weighted by molar-refractivity contribution is 5.78. The number of piperidine rings is 1. The first kappa shape index (κ1) is 16.8. The molecular formula is C17H33N3O. The van der Waals surface area contributed by atoms with Crippen molar-refractivity contribution in [3.63, 3.8) is 0 Å². The van der Waals surface area contributed by atoms with E-state index in [4.69, 9.17) is 0 Å². The smallest absolute Gasteiger partial charge is 0.236 e. The van der Waals surface area contributed by atoms with Gasteiger partial charge < -0.3 is 10.2 Å². The van der Waals surface area contributed by atoms with Crippen LogP contribution in [-0.2, 0) is 4.79 Å². The molecule has 0 spiro atoms. The Morgan fingerprint density at radius 2 is 1.71 bits per heavy atom. The van der Waals surface area contributed by atoms with Gasteiger partial charge in [-0.2, -0.15) is 0 Å². The maximum absolute atomic E-state index is 12.4. The fourth-order valence-electron chi connectivity index (χ4n) is 3.44. The van der Waals surface area contributed by atoms with Gasteiger partial charge in [-0.15, -0.1) is 0 Å². The summed E-state index contributed by atoms with van der Waals surface area (Å²) in [6, 6.07) is 0. The van der Waals surface area contributed by atoms with E-state index in [1.807, 2.05) is 0 Å². The Morgan fingerprint density at radius 3 is 2.33 bits per heavy atom. The van der Waals surface area contributed by atoms with Crippen LogP contribution in [0, 0.1) is 5.92 Å². The normalized spacial score (nSPS) is 22.2. The van der Waals surface area contributed by atoms with E-state index < -0.39 is 0 Å². The molecule has 2 saturated heterocycles. The van der Waals surface area contributed by atoms with E-state index in [9.17, 15) is 4.79 Å². The van der Waals surface area contributed by atoms with Crippen LogP contribution < -0.4 is 5.32 Å². The second-order valence-corrected chi connectivity index (χ2v) is 6.72. The summed E-state index contributed by atoms with van der Waals surface area (Å²) in [5, 5.41) is 3.53. The number of hydrogen-bond donors (Lipinski definition) is 1. The Labute approximate surface area is 130 Å². The standard InChI is InChI=1S/C17H33N3O/c1-2-9-18-14-16-7-12-19(13-8-16)15-17(21)20-10-5-3-4-6-11-20/h16,18H,2-15H2,1H3. The van der Waals surface area contributed by atoms with Gasteiger partial charge in [0.2, 0.25) is 5.91 Å². The van der Waals surface area contributed by atoms with Crippen molar-refractivity contribution >= 4 is 5.91 Å². The maximum Gasteiger partial charge on any atom is 0.236 e. The highest BCUT2D eigenvalue weighted by Gasteiger charge is 2.23. The lowest BCUT2D eigenvalue weighted by Gasteiger charge is -2.33. The largest absolute Gasteiger partial charge is 0.342 e. The van der Waals surface area contributed by atoms with E-state index in [2.05, 4.69) is 22.0 Å². The van der Waals surface area contributed by atoms with Crippen molar-refractivity contribution in [3.05, 3.63) is 0 Å². The SMILES string of the molecule is CCCNCC1CCN(CC(=O)N2CCCCCC2)CC1. The zero-order valence-electron chi connectivity index (χ0n) is 13.8. The zero-order valence-corrected chi connectivity index (χ0v) is 13.8. The van der Waals surface area contributed by atoms with E-state index >= 15 is 0 Å². The first-order valence-corrected chi connectivity index (χ1v) is 9.00. The lowest BCUT2D eigenvalue weighted by Crippen LogP contribution is -2.44. The third-order valence-electron chi connectivity index (χ3n) is 4.88. The molecule has 2 fully saturated rings. The molecule has 0 radical (unpaired) electrons. The number of rotatable bonds is 6. The van der Waals surface area contributed by atoms with Gasteiger partial charge in [-0.25, -0.2) is 0 Å². The van der Waals surface area contributed by atoms with Crippen molar-refractivity contribution < 1.29 is 4.79 Å². The van der Waals surface area contributed by atoms with Crippen LogP contribution in [-0.4, -0.2) is 61.5 Å². The van der Waals surface area contributed by atoms with E-state index in [1.165, 1.54) is 44.9 Å². The van der Waals surface area contributed by atoms with Gasteiger partial charge >= 0.3 is 0 Å². The molecular weight excluding hydrogens is 262 g/mol. The second kappa shape index (κ2) is 9.42. The van der Waals surface area contributed by atoms with Crippen molar-refractivity contribution in [2.45, 2.75) is 51.9 Å². The van der Waals surface area contributed by atoms with Crippen molar-refractivity contribution in [1.82, 2.24) is 15.1 Å². The summed E-state index contributed by atoms with van der Waals surface area (Å²) in [4.78, 5) is 16.8. The van der Waals surface area contributed by atoms with Gasteiger partial charge in [-0.3, -0.25) is 9.69 Å². The number of hydrogen-bond acceptors (Lipinski definition) is 3. The van der Waals surface area contributed by atoms with E-state index in [-0.39, 0.29) is 0 Å². The predicted molar refractivity (Wildman–Crippen MR) is 87.4 cm³/mol. The Morgan fingerprint density at radius 1 is 1.05 bits per heavy atom. The molecule has 1 amide bonds. The monoisotopic (exact) mass is 295 g/mol. The van der Waals surface area contributed by atoms with Crippen LogP contribution in [0.25, 0.3) is 0 Å². The Hall–Kier alpha value is -0.610. The van der Waals surface area contributed by atoms with Gasteiger partial charge in [0.1, 0.15) is 0 Å². The van der Waals surface area contributed by atoms with Crippen LogP contribution in [0.5, 0.6) is 0 Å². The van der Waals surface area contributed by atoms with E-state index in [1.54, 1.807) is 0 Å². The summed E-state index contributed by atoms with van der Waals surface area (Å²) >= 11 is 0. The van der Waals surface area contributed by atoms with Gasteiger partial charge in [-0.1, -0.05) is 19.8 Å². The van der Waals surface area contributed by atoms with Crippen LogP contribution in [0.3, 0.4) is 0 Å². The lowest BCUT2D eigenvalue weighted by molar-refractivity contribution is -0.132. The molecule has 0 saturated carbocycles. The Balaban J connectivity index is 1.64. The summed E-state index contributed by atoms with van der Waals surface area (Å²) < 4.78 is 0. The number of nitrogens with one attached hydrogen (secondary N) is 1. The molecule has 4 nitrogen and oxygen atoms in total. The topological polar surface area (TPSA) is 35.6 Å². The Kier molecular flexibility index (Phi) is 7.51. The molecule has 0 unspecified atom stereocenters. The third-order valence-corrected chi connectivity index (χ3v) is 4.88. The molecule has 2 rings (SSSR count). The first-order chi connectivity index (χ1) is 10.3. The highest BCUT2D eigenvalue weighted by atomic mass is 16.2. The molecule has 0 aromatic heterocycles. The van der Waals surface area contributed by atoms with Crippen LogP contribution >= 0.6 is 0 Å². The third kappa shape index (κ3) is 5.95. The molecule has 2 aliphatic rings. The number of nitrogens with zero attached hydrogens (tertiary/aromatic N) is 2. The number of carbonyl (C=O) groups is 1. The minimum Gasteiger partial charge on any atom is -0.342 e.